The molecular weight excluding hydrogens is 647 g/mol. The minimum absolute atomic E-state index is 0.260. The third-order valence-electron chi connectivity index (χ3n) is 10.4. The quantitative estimate of drug-likeness (QED) is 0.184. The summed E-state index contributed by atoms with van der Waals surface area (Å²) in [5.74, 6) is 0.838. The van der Waals surface area contributed by atoms with Gasteiger partial charge in [-0.1, -0.05) is 176 Å². The van der Waals surface area contributed by atoms with Crippen LogP contribution in [0.2, 0.25) is 0 Å². The van der Waals surface area contributed by atoms with E-state index in [1.165, 1.54) is 33.0 Å². The first-order valence-electron chi connectivity index (χ1n) is 18.1. The van der Waals surface area contributed by atoms with Gasteiger partial charge in [0.15, 0.2) is 0 Å². The molecule has 2 heterocycles. The van der Waals surface area contributed by atoms with E-state index in [-0.39, 0.29) is 12.3 Å². The first-order valence-corrected chi connectivity index (χ1v) is 18.1. The molecule has 0 aliphatic carbocycles. The Hall–Kier alpha value is -6.75. The number of para-hydroxylation sites is 1. The molecule has 1 aromatic heterocycles. The Bertz CT molecular complexity index is 2770. The SMILES string of the molecule is c1ccc(-c2ccc(C3=NC(c4ccc(-c5ccccc5)cc4)NC(c4ccc(-c5ccc6ccccc6c5)c5oc6ccccc6c45)N3)cc2)cc1. The van der Waals surface area contributed by atoms with E-state index in [0.717, 1.165) is 55.6 Å². The molecule has 0 radical (unpaired) electrons. The fourth-order valence-corrected chi connectivity index (χ4v) is 7.65. The number of benzene rings is 8. The predicted octanol–water partition coefficient (Wildman–Crippen LogP) is 12.1. The Labute approximate surface area is 308 Å². The first kappa shape index (κ1) is 31.0. The van der Waals surface area contributed by atoms with Crippen LogP contribution in [0.1, 0.15) is 29.0 Å². The zero-order valence-electron chi connectivity index (χ0n) is 28.9. The van der Waals surface area contributed by atoms with Crippen molar-refractivity contribution in [3.63, 3.8) is 0 Å². The van der Waals surface area contributed by atoms with E-state index < -0.39 is 0 Å². The van der Waals surface area contributed by atoms with E-state index in [1.54, 1.807) is 0 Å². The lowest BCUT2D eigenvalue weighted by Gasteiger charge is -2.32. The van der Waals surface area contributed by atoms with Crippen molar-refractivity contribution < 1.29 is 4.42 Å². The molecule has 0 amide bonds. The Balaban J connectivity index is 1.09. The van der Waals surface area contributed by atoms with Gasteiger partial charge in [-0.2, -0.15) is 0 Å². The van der Waals surface area contributed by atoms with Crippen LogP contribution in [0.15, 0.2) is 197 Å². The van der Waals surface area contributed by atoms with E-state index in [4.69, 9.17) is 9.41 Å². The van der Waals surface area contributed by atoms with Gasteiger partial charge in [-0.3, -0.25) is 5.32 Å². The van der Waals surface area contributed by atoms with E-state index in [0.29, 0.717) is 0 Å². The lowest BCUT2D eigenvalue weighted by Crippen LogP contribution is -2.45. The summed E-state index contributed by atoms with van der Waals surface area (Å²) >= 11 is 0. The summed E-state index contributed by atoms with van der Waals surface area (Å²) in [5.41, 5.74) is 11.9. The van der Waals surface area contributed by atoms with Crippen LogP contribution >= 0.6 is 0 Å². The van der Waals surface area contributed by atoms with Crippen LogP contribution in [-0.4, -0.2) is 5.84 Å². The molecule has 0 spiro atoms. The molecule has 252 valence electrons. The van der Waals surface area contributed by atoms with Crippen LogP contribution < -0.4 is 10.6 Å². The van der Waals surface area contributed by atoms with Crippen molar-refractivity contribution in [1.82, 2.24) is 10.6 Å². The topological polar surface area (TPSA) is 49.6 Å². The fraction of sp³-hybridized carbons (Fsp3) is 0.0408. The second kappa shape index (κ2) is 13.1. The highest BCUT2D eigenvalue weighted by molar-refractivity contribution is 6.12. The second-order valence-electron chi connectivity index (χ2n) is 13.6. The molecule has 2 unspecified atom stereocenters. The predicted molar refractivity (Wildman–Crippen MR) is 219 cm³/mol. The summed E-state index contributed by atoms with van der Waals surface area (Å²) < 4.78 is 6.73. The number of aliphatic imine (C=N–C) groups is 1. The van der Waals surface area contributed by atoms with Gasteiger partial charge in [0.25, 0.3) is 0 Å². The van der Waals surface area contributed by atoms with Crippen molar-refractivity contribution in [3.8, 4) is 33.4 Å². The lowest BCUT2D eigenvalue weighted by atomic mass is 9.95. The van der Waals surface area contributed by atoms with Gasteiger partial charge in [0.2, 0.25) is 0 Å². The third-order valence-corrected chi connectivity index (χ3v) is 10.4. The molecular formula is C49H35N3O. The highest BCUT2D eigenvalue weighted by Crippen LogP contribution is 2.41. The van der Waals surface area contributed by atoms with Crippen LogP contribution in [0.3, 0.4) is 0 Å². The van der Waals surface area contributed by atoms with Gasteiger partial charge in [-0.05, 0) is 56.3 Å². The molecule has 4 heteroatoms. The number of rotatable bonds is 6. The Kier molecular flexibility index (Phi) is 7.67. The minimum atomic E-state index is -0.289. The molecule has 1 aliphatic rings. The van der Waals surface area contributed by atoms with Gasteiger partial charge < -0.3 is 9.73 Å². The number of amidine groups is 1. The van der Waals surface area contributed by atoms with Crippen LogP contribution in [0, 0.1) is 0 Å². The molecule has 53 heavy (non-hydrogen) atoms. The number of hydrogen-bond acceptors (Lipinski definition) is 4. The molecule has 8 aromatic carbocycles. The monoisotopic (exact) mass is 681 g/mol. The molecule has 0 saturated carbocycles. The molecule has 2 N–H and O–H groups in total. The van der Waals surface area contributed by atoms with Crippen molar-refractivity contribution >= 4 is 38.5 Å². The van der Waals surface area contributed by atoms with Gasteiger partial charge in [0.1, 0.15) is 29.3 Å². The molecule has 2 atom stereocenters. The Morgan fingerprint density at radius 3 is 1.79 bits per heavy atom. The smallest absolute Gasteiger partial charge is 0.143 e. The van der Waals surface area contributed by atoms with Gasteiger partial charge in [0, 0.05) is 27.5 Å². The van der Waals surface area contributed by atoms with E-state index in [1.807, 2.05) is 18.2 Å². The molecule has 0 bridgehead atoms. The fourth-order valence-electron chi connectivity index (χ4n) is 7.65. The highest BCUT2D eigenvalue weighted by atomic mass is 16.3. The van der Waals surface area contributed by atoms with Crippen LogP contribution in [0.4, 0.5) is 0 Å². The number of hydrogen-bond donors (Lipinski definition) is 2. The zero-order chi connectivity index (χ0) is 35.1. The van der Waals surface area contributed by atoms with E-state index in [2.05, 4.69) is 180 Å². The van der Waals surface area contributed by atoms with Crippen LogP contribution in [0.5, 0.6) is 0 Å². The van der Waals surface area contributed by atoms with Gasteiger partial charge in [-0.25, -0.2) is 4.99 Å². The molecule has 9 aromatic rings. The van der Waals surface area contributed by atoms with Gasteiger partial charge in [-0.15, -0.1) is 0 Å². The highest BCUT2D eigenvalue weighted by Gasteiger charge is 2.29. The maximum Gasteiger partial charge on any atom is 0.143 e. The number of furan rings is 1. The van der Waals surface area contributed by atoms with Crippen molar-refractivity contribution in [1.29, 1.82) is 0 Å². The van der Waals surface area contributed by atoms with Crippen LogP contribution in [0.25, 0.3) is 66.1 Å². The summed E-state index contributed by atoms with van der Waals surface area (Å²) in [6.07, 6.45) is -0.549. The second-order valence-corrected chi connectivity index (χ2v) is 13.6. The number of fused-ring (bicyclic) bond motifs is 4. The maximum atomic E-state index is 6.73. The number of nitrogens with one attached hydrogen (secondary N) is 2. The molecule has 10 rings (SSSR count). The van der Waals surface area contributed by atoms with Gasteiger partial charge in [0.05, 0.1) is 0 Å². The molecule has 4 nitrogen and oxygen atoms in total. The van der Waals surface area contributed by atoms with E-state index >= 15 is 0 Å². The normalized spacial score (nSPS) is 15.7. The Morgan fingerprint density at radius 2 is 1.06 bits per heavy atom. The molecule has 0 saturated heterocycles. The summed E-state index contributed by atoms with van der Waals surface area (Å²) in [4.78, 5) is 5.30. The van der Waals surface area contributed by atoms with Crippen molar-refractivity contribution in [2.24, 2.45) is 4.99 Å². The largest absolute Gasteiger partial charge is 0.455 e. The summed E-state index contributed by atoms with van der Waals surface area (Å²) in [6.45, 7) is 0. The summed E-state index contributed by atoms with van der Waals surface area (Å²) in [5, 5.41) is 12.3. The van der Waals surface area contributed by atoms with Gasteiger partial charge >= 0.3 is 0 Å². The minimum Gasteiger partial charge on any atom is -0.455 e. The lowest BCUT2D eigenvalue weighted by molar-refractivity contribution is 0.411. The molecule has 1 aliphatic heterocycles. The van der Waals surface area contributed by atoms with Crippen molar-refractivity contribution in [2.45, 2.75) is 12.3 Å². The number of nitrogens with zero attached hydrogens (tertiary/aromatic N) is 1. The van der Waals surface area contributed by atoms with E-state index in [9.17, 15) is 0 Å². The Morgan fingerprint density at radius 1 is 0.472 bits per heavy atom. The third kappa shape index (κ3) is 5.76. The first-order chi connectivity index (χ1) is 26.2. The average molecular weight is 682 g/mol. The summed E-state index contributed by atoms with van der Waals surface area (Å²) in [6, 6.07) is 66.3. The van der Waals surface area contributed by atoms with Crippen molar-refractivity contribution in [2.75, 3.05) is 0 Å². The van der Waals surface area contributed by atoms with Crippen molar-refractivity contribution in [3.05, 3.63) is 205 Å². The zero-order valence-corrected chi connectivity index (χ0v) is 28.9. The molecule has 0 fully saturated rings. The van der Waals surface area contributed by atoms with Crippen LogP contribution in [-0.2, 0) is 0 Å². The average Bonchev–Trinajstić information content (AvgIpc) is 3.64. The summed E-state index contributed by atoms with van der Waals surface area (Å²) in [7, 11) is 0. The maximum absolute atomic E-state index is 6.73. The standard InChI is InChI=1S/C49H35N3O/c1-3-11-32(12-4-1)35-19-24-37(25-20-35)47-50-48(38-26-21-36(22-27-38)33-13-5-2-6-14-33)52-49(51-47)43-30-29-41(40-28-23-34-15-7-8-16-39(34)31-40)46-45(43)42-17-9-10-18-44(42)53-46/h1-31,47,49,51H,(H,50,52).